The van der Waals surface area contributed by atoms with Gasteiger partial charge in [0.25, 0.3) is 0 Å². The summed E-state index contributed by atoms with van der Waals surface area (Å²) in [7, 11) is 1.51. The second-order valence-electron chi connectivity index (χ2n) is 7.11. The SMILES string of the molecule is C/C=C(/C(C)=N\OC)c1cnc2c(F)cn(C(c3ccccc3)c3ccccn3)c2c1. The van der Waals surface area contributed by atoms with Crippen molar-refractivity contribution >= 4 is 22.3 Å². The molecular weight excluding hydrogens is 391 g/mol. The van der Waals surface area contributed by atoms with Gasteiger partial charge in [0, 0.05) is 29.7 Å². The van der Waals surface area contributed by atoms with Crippen LogP contribution in [0.4, 0.5) is 4.39 Å². The summed E-state index contributed by atoms with van der Waals surface area (Å²) >= 11 is 0. The Kier molecular flexibility index (Phi) is 5.89. The van der Waals surface area contributed by atoms with Gasteiger partial charge in [0.05, 0.1) is 16.9 Å². The molecule has 3 aromatic heterocycles. The van der Waals surface area contributed by atoms with Gasteiger partial charge in [-0.05, 0) is 37.6 Å². The highest BCUT2D eigenvalue weighted by Crippen LogP contribution is 2.32. The molecule has 0 saturated heterocycles. The fraction of sp³-hybridized carbons (Fsp3) is 0.160. The highest BCUT2D eigenvalue weighted by Gasteiger charge is 2.22. The molecule has 31 heavy (non-hydrogen) atoms. The fourth-order valence-corrected chi connectivity index (χ4v) is 3.87. The van der Waals surface area contributed by atoms with Crippen LogP contribution in [0.3, 0.4) is 0 Å². The van der Waals surface area contributed by atoms with Crippen molar-refractivity contribution in [2.24, 2.45) is 5.16 Å². The minimum Gasteiger partial charge on any atom is -0.399 e. The number of halogens is 1. The fourth-order valence-electron chi connectivity index (χ4n) is 3.87. The minimum atomic E-state index is -0.372. The van der Waals surface area contributed by atoms with Gasteiger partial charge in [0.1, 0.15) is 18.7 Å². The Balaban J connectivity index is 1.94. The third-order valence-corrected chi connectivity index (χ3v) is 5.20. The van der Waals surface area contributed by atoms with Crippen LogP contribution in [0.15, 0.2) is 84.4 Å². The molecule has 0 radical (unpaired) electrons. The Bertz CT molecular complexity index is 1210. The van der Waals surface area contributed by atoms with E-state index in [9.17, 15) is 4.39 Å². The molecule has 1 unspecified atom stereocenters. The van der Waals surface area contributed by atoms with Gasteiger partial charge in [-0.1, -0.05) is 47.6 Å². The number of allylic oxidation sites excluding steroid dienone is 2. The third kappa shape index (κ3) is 3.97. The lowest BCUT2D eigenvalue weighted by molar-refractivity contribution is 0.214. The highest BCUT2D eigenvalue weighted by molar-refractivity contribution is 6.22. The van der Waals surface area contributed by atoms with E-state index in [0.29, 0.717) is 16.7 Å². The third-order valence-electron chi connectivity index (χ3n) is 5.20. The minimum absolute atomic E-state index is 0.297. The average molecular weight is 414 g/mol. The molecule has 4 rings (SSSR count). The van der Waals surface area contributed by atoms with Crippen LogP contribution < -0.4 is 0 Å². The topological polar surface area (TPSA) is 52.3 Å². The predicted molar refractivity (Wildman–Crippen MR) is 121 cm³/mol. The van der Waals surface area contributed by atoms with Crippen molar-refractivity contribution in [1.29, 1.82) is 0 Å². The summed E-state index contributed by atoms with van der Waals surface area (Å²) in [5, 5.41) is 4.04. The van der Waals surface area contributed by atoms with Crippen molar-refractivity contribution in [3.8, 4) is 0 Å². The van der Waals surface area contributed by atoms with Crippen molar-refractivity contribution in [1.82, 2.24) is 14.5 Å². The van der Waals surface area contributed by atoms with E-state index in [2.05, 4.69) is 15.1 Å². The molecule has 0 aliphatic heterocycles. The van der Waals surface area contributed by atoms with Crippen LogP contribution in [-0.4, -0.2) is 27.4 Å². The van der Waals surface area contributed by atoms with Gasteiger partial charge in [-0.3, -0.25) is 9.97 Å². The predicted octanol–water partition coefficient (Wildman–Crippen LogP) is 5.63. The molecular formula is C25H23FN4O. The first kappa shape index (κ1) is 20.5. The van der Waals surface area contributed by atoms with Crippen LogP contribution in [0, 0.1) is 5.82 Å². The Morgan fingerprint density at radius 1 is 1.13 bits per heavy atom. The molecule has 0 fully saturated rings. The zero-order valence-corrected chi connectivity index (χ0v) is 17.7. The van der Waals surface area contributed by atoms with Gasteiger partial charge < -0.3 is 9.40 Å². The molecule has 0 aliphatic carbocycles. The Labute approximate surface area is 180 Å². The normalized spacial score (nSPS) is 13.4. The summed E-state index contributed by atoms with van der Waals surface area (Å²) in [5.41, 5.74) is 5.25. The summed E-state index contributed by atoms with van der Waals surface area (Å²) in [6.45, 7) is 3.79. The van der Waals surface area contributed by atoms with Crippen LogP contribution >= 0.6 is 0 Å². The highest BCUT2D eigenvalue weighted by atomic mass is 19.1. The molecule has 0 spiro atoms. The summed E-state index contributed by atoms with van der Waals surface area (Å²) < 4.78 is 16.8. The molecule has 0 aliphatic rings. The zero-order valence-electron chi connectivity index (χ0n) is 17.7. The molecule has 156 valence electrons. The first-order chi connectivity index (χ1) is 15.1. The van der Waals surface area contributed by atoms with Gasteiger partial charge in [-0.2, -0.15) is 0 Å². The smallest absolute Gasteiger partial charge is 0.167 e. The molecule has 0 N–H and O–H groups in total. The maximum Gasteiger partial charge on any atom is 0.167 e. The van der Waals surface area contributed by atoms with Crippen molar-refractivity contribution in [2.75, 3.05) is 7.11 Å². The number of aromatic nitrogens is 3. The number of nitrogens with zero attached hydrogens (tertiary/aromatic N) is 4. The van der Waals surface area contributed by atoms with Gasteiger partial charge in [-0.25, -0.2) is 4.39 Å². The molecule has 6 heteroatoms. The second kappa shape index (κ2) is 8.92. The molecule has 4 aromatic rings. The Morgan fingerprint density at radius 2 is 1.90 bits per heavy atom. The first-order valence-electron chi connectivity index (χ1n) is 10.0. The van der Waals surface area contributed by atoms with Crippen molar-refractivity contribution in [2.45, 2.75) is 19.9 Å². The van der Waals surface area contributed by atoms with E-state index in [0.717, 1.165) is 22.4 Å². The molecule has 0 saturated carbocycles. The number of hydrogen-bond acceptors (Lipinski definition) is 4. The Morgan fingerprint density at radius 3 is 2.58 bits per heavy atom. The molecule has 1 atom stereocenters. The first-order valence-corrected chi connectivity index (χ1v) is 10.0. The lowest BCUT2D eigenvalue weighted by atomic mass is 10.0. The van der Waals surface area contributed by atoms with E-state index >= 15 is 0 Å². The lowest BCUT2D eigenvalue weighted by Crippen LogP contribution is -2.13. The molecule has 5 nitrogen and oxygen atoms in total. The molecule has 0 bridgehead atoms. The van der Waals surface area contributed by atoms with Gasteiger partial charge in [0.15, 0.2) is 5.82 Å². The summed E-state index contributed by atoms with van der Waals surface area (Å²) in [4.78, 5) is 13.9. The zero-order chi connectivity index (χ0) is 21.8. The van der Waals surface area contributed by atoms with Crippen molar-refractivity contribution < 1.29 is 9.23 Å². The van der Waals surface area contributed by atoms with E-state index in [1.165, 1.54) is 13.3 Å². The maximum absolute atomic E-state index is 14.9. The summed E-state index contributed by atoms with van der Waals surface area (Å²) in [6.07, 6.45) is 6.86. The van der Waals surface area contributed by atoms with E-state index < -0.39 is 0 Å². The summed E-state index contributed by atoms with van der Waals surface area (Å²) in [5.74, 6) is -0.372. The number of benzene rings is 1. The van der Waals surface area contributed by atoms with Gasteiger partial charge in [-0.15, -0.1) is 0 Å². The summed E-state index contributed by atoms with van der Waals surface area (Å²) in [6, 6.07) is 17.3. The largest absolute Gasteiger partial charge is 0.399 e. The van der Waals surface area contributed by atoms with Crippen LogP contribution in [0.1, 0.15) is 36.7 Å². The van der Waals surface area contributed by atoms with Crippen LogP contribution in [0.25, 0.3) is 16.6 Å². The van der Waals surface area contributed by atoms with E-state index in [-0.39, 0.29) is 11.9 Å². The average Bonchev–Trinajstić information content (AvgIpc) is 3.12. The van der Waals surface area contributed by atoms with Crippen LogP contribution in [0.2, 0.25) is 0 Å². The number of rotatable bonds is 6. The number of pyridine rings is 2. The number of hydrogen-bond donors (Lipinski definition) is 0. The number of oxime groups is 1. The lowest BCUT2D eigenvalue weighted by Gasteiger charge is -2.20. The van der Waals surface area contributed by atoms with Gasteiger partial charge >= 0.3 is 0 Å². The van der Waals surface area contributed by atoms with Crippen molar-refractivity contribution in [3.05, 3.63) is 102 Å². The van der Waals surface area contributed by atoms with E-state index in [1.54, 1.807) is 12.4 Å². The molecule has 1 aromatic carbocycles. The van der Waals surface area contributed by atoms with E-state index in [4.69, 9.17) is 4.84 Å². The van der Waals surface area contributed by atoms with Crippen molar-refractivity contribution in [3.63, 3.8) is 0 Å². The number of fused-ring (bicyclic) bond motifs is 1. The van der Waals surface area contributed by atoms with Gasteiger partial charge in [0.2, 0.25) is 0 Å². The van der Waals surface area contributed by atoms with Crippen LogP contribution in [-0.2, 0) is 4.84 Å². The Hall–Kier alpha value is -3.80. The molecule has 0 amide bonds. The quantitative estimate of drug-likeness (QED) is 0.303. The standard InChI is InChI=1S/C25H23FN4O/c1-4-20(17(2)29-31-3)19-14-23-24(28-15-19)21(26)16-30(23)25(18-10-6-5-7-11-18)22-12-8-9-13-27-22/h4-16,25H,1-3H3/b20-4-,29-17-. The van der Waals surface area contributed by atoms with E-state index in [1.807, 2.05) is 79.1 Å². The van der Waals surface area contributed by atoms with Crippen LogP contribution in [0.5, 0.6) is 0 Å². The second-order valence-corrected chi connectivity index (χ2v) is 7.11. The molecule has 3 heterocycles. The maximum atomic E-state index is 14.9. The monoisotopic (exact) mass is 414 g/mol.